The van der Waals surface area contributed by atoms with E-state index in [1.54, 1.807) is 0 Å². The zero-order chi connectivity index (χ0) is 46.0. The lowest BCUT2D eigenvalue weighted by molar-refractivity contribution is 0.125. The first-order chi connectivity index (χ1) is 24.7. The van der Waals surface area contributed by atoms with Crippen molar-refractivity contribution < 1.29 is 58.1 Å². The van der Waals surface area contributed by atoms with Crippen molar-refractivity contribution >= 4 is 23.2 Å². The van der Waals surface area contributed by atoms with Gasteiger partial charge in [0.2, 0.25) is 0 Å². The summed E-state index contributed by atoms with van der Waals surface area (Å²) in [6, 6.07) is -6.21. The minimum absolute atomic E-state index is 0.784. The van der Waals surface area contributed by atoms with Gasteiger partial charge in [0.1, 0.15) is 24.1 Å². The van der Waals surface area contributed by atoms with E-state index in [4.69, 9.17) is 63.0 Å². The summed E-state index contributed by atoms with van der Waals surface area (Å²) < 4.78 is 221. The molecule has 6 heteroatoms. The van der Waals surface area contributed by atoms with E-state index in [2.05, 4.69) is 14.6 Å². The molecule has 4 nitrogen and oxygen atoms in total. The second-order valence-corrected chi connectivity index (χ2v) is 4.56. The third-order valence-corrected chi connectivity index (χ3v) is 2.43. The Morgan fingerprint density at radius 3 is 2.14 bits per heavy atom. The molecule has 1 heterocycles. The molecule has 1 saturated heterocycles. The standard InChI is InChI=1S/C11H15ClO2.C8H10O.C3H5ClO/c1-8-3-9(2)5-11(4-8)14-7-10(13)6-12;1-6-3-7(2)5-8(9)4-6;4-1-3-2-5-3/h3-5,10,13H,6-7H2,1-2H3;3-5,9H,1-2H3;3H,1-2H2/i1D3,2D3,3D,4D,5D,6D2,7D2,10D;1D3,2D3,3D,4D,5D;1D2,2D2,3D/hD. The summed E-state index contributed by atoms with van der Waals surface area (Å²) in [5.41, 5.74) is -3.97. The number of benzene rings is 2. The van der Waals surface area contributed by atoms with Crippen molar-refractivity contribution in [2.75, 3.05) is 24.8 Å². The summed E-state index contributed by atoms with van der Waals surface area (Å²) in [5, 5.41) is 13.8. The Morgan fingerprint density at radius 2 is 1.79 bits per heavy atom. The van der Waals surface area contributed by atoms with Crippen LogP contribution in [0.15, 0.2) is 36.3 Å². The van der Waals surface area contributed by atoms with Gasteiger partial charge in [-0.25, -0.2) is 0 Å². The van der Waals surface area contributed by atoms with E-state index in [0.29, 0.717) is 0 Å². The Kier molecular flexibility index (Phi) is 2.58. The van der Waals surface area contributed by atoms with Gasteiger partial charge in [-0.1, -0.05) is 12.1 Å². The molecule has 2 atom stereocenters. The van der Waals surface area contributed by atoms with E-state index in [-0.39, 0.29) is 0 Å². The van der Waals surface area contributed by atoms with E-state index in [9.17, 15) is 5.11 Å². The summed E-state index contributed by atoms with van der Waals surface area (Å²) in [6.45, 7) is -18.3. The van der Waals surface area contributed by atoms with Crippen LogP contribution in [0, 0.1) is 27.4 Å². The maximum Gasteiger partial charge on any atom is 0.293 e. The highest BCUT2D eigenvalue weighted by molar-refractivity contribution is 6.18. The Labute approximate surface area is 218 Å². The average molecular weight is 459 g/mol. The number of hydrogen-bond donors (Lipinski definition) is 2. The first kappa shape index (κ1) is 5.61. The lowest BCUT2D eigenvalue weighted by Crippen LogP contribution is -2.18. The van der Waals surface area contributed by atoms with Crippen molar-refractivity contribution in [2.45, 2.75) is 39.6 Å². The lowest BCUT2D eigenvalue weighted by atomic mass is 10.1. The molecule has 28 heavy (non-hydrogen) atoms. The Morgan fingerprint density at radius 1 is 1.25 bits per heavy atom. The zero-order valence-corrected chi connectivity index (χ0v) is 14.9. The molecule has 0 radical (unpaired) electrons. The maximum atomic E-state index is 9.81. The van der Waals surface area contributed by atoms with Gasteiger partial charge < -0.3 is 19.7 Å². The lowest BCUT2D eigenvalue weighted by Gasteiger charge is -2.10. The van der Waals surface area contributed by atoms with Crippen molar-refractivity contribution in [3.05, 3.63) is 58.5 Å². The molecule has 0 saturated carbocycles. The molecular weight excluding hydrogens is 399 g/mol. The number of hydrogen-bond acceptors (Lipinski definition) is 4. The van der Waals surface area contributed by atoms with Gasteiger partial charge >= 0.3 is 0 Å². The van der Waals surface area contributed by atoms with Crippen molar-refractivity contribution in [3.63, 3.8) is 0 Å². The summed E-state index contributed by atoms with van der Waals surface area (Å²) >= 11 is 10.2. The SMILES string of the molecule is [2H]C([2H])(Cl)C1([2H])OC1([2H])[2H].[2H]Oc1c([2H])c(C([2H])([2H])[2H])c([2H])c(C([2H])([2H])[2H])c1[2H].[2H]c1c(OC([2H])([2H])C([2H])(O)C([2H])([2H])Cl)c([2H])c(C([2H])([2H])[2H])c([2H])c1C([2H])([2H])[2H]. The molecule has 3 rings (SSSR count). The molecule has 1 aliphatic rings. The Bertz CT molecular complexity index is 1720. The van der Waals surface area contributed by atoms with E-state index in [1.165, 1.54) is 0 Å². The van der Waals surface area contributed by atoms with Crippen LogP contribution in [-0.4, -0.2) is 48.6 Å². The fraction of sp³-hybridized carbons (Fsp3) is 0.455. The fourth-order valence-electron chi connectivity index (χ4n) is 1.13. The molecule has 0 spiro atoms. The molecule has 0 amide bonds. The van der Waals surface area contributed by atoms with Crippen LogP contribution in [0.5, 0.6) is 11.5 Å². The molecule has 2 unspecified atom stereocenters. The number of phenols is 1. The molecule has 2 aromatic carbocycles. The quantitative estimate of drug-likeness (QED) is 0.477. The third kappa shape index (κ3) is 11.4. The highest BCUT2D eigenvalue weighted by atomic mass is 35.5. The van der Waals surface area contributed by atoms with Gasteiger partial charge in [-0.15, -0.1) is 23.2 Å². The van der Waals surface area contributed by atoms with Gasteiger partial charge in [0, 0.05) is 21.9 Å². The highest BCUT2D eigenvalue weighted by Crippen LogP contribution is 2.16. The molecule has 0 bridgehead atoms. The third-order valence-electron chi connectivity index (χ3n) is 2.08. The normalized spacial score (nSPS) is 39.3. The molecule has 156 valence electrons. The van der Waals surface area contributed by atoms with Gasteiger partial charge in [0.25, 0.3) is 1.43 Å². The van der Waals surface area contributed by atoms with Gasteiger partial charge in [0.05, 0.1) is 40.8 Å². The number of aliphatic hydroxyl groups is 1. The van der Waals surface area contributed by atoms with E-state index < -0.39 is 134 Å². The number of phenolic OH excluding ortho intramolecular Hbond substituents is 1. The summed E-state index contributed by atoms with van der Waals surface area (Å²) in [7, 11) is 0. The van der Waals surface area contributed by atoms with Crippen LogP contribution in [0.1, 0.15) is 60.6 Å². The number of alkyl halides is 2. The van der Waals surface area contributed by atoms with Gasteiger partial charge in [0.15, 0.2) is 0 Å². The zero-order valence-electron chi connectivity index (χ0n) is 42.4. The van der Waals surface area contributed by atoms with Crippen LogP contribution in [0.2, 0.25) is 0 Å². The van der Waals surface area contributed by atoms with Crippen molar-refractivity contribution in [1.82, 2.24) is 0 Å². The van der Waals surface area contributed by atoms with Crippen LogP contribution in [0.4, 0.5) is 0 Å². The summed E-state index contributed by atoms with van der Waals surface area (Å²) in [4.78, 5) is 0. The summed E-state index contributed by atoms with van der Waals surface area (Å²) in [5.74, 6) is -8.00. The van der Waals surface area contributed by atoms with Crippen molar-refractivity contribution in [2.24, 2.45) is 0 Å². The molecule has 1 fully saturated rings. The highest BCUT2D eigenvalue weighted by Gasteiger charge is 2.19. The van der Waals surface area contributed by atoms with Gasteiger partial charge in [-0.05, 0) is 73.8 Å². The van der Waals surface area contributed by atoms with Crippen LogP contribution < -0.4 is 4.74 Å². The molecule has 1 aliphatic heterocycles. The number of rotatable bonds is 6. The second kappa shape index (κ2) is 12.9. The van der Waals surface area contributed by atoms with Crippen LogP contribution in [0.25, 0.3) is 0 Å². The molecule has 2 aromatic rings. The van der Waals surface area contributed by atoms with Crippen LogP contribution in [0.3, 0.4) is 0 Å². The molecule has 0 aromatic heterocycles. The van der Waals surface area contributed by atoms with Gasteiger partial charge in [-0.2, -0.15) is 0 Å². The molecule has 2 N–H and O–H groups in total. The smallest absolute Gasteiger partial charge is 0.293 e. The van der Waals surface area contributed by atoms with Gasteiger partial charge in [-0.3, -0.25) is 0 Å². The van der Waals surface area contributed by atoms with Crippen molar-refractivity contribution in [1.29, 1.82) is 1.43 Å². The first-order valence-corrected chi connectivity index (χ1v) is 7.38. The summed E-state index contributed by atoms with van der Waals surface area (Å²) in [6.07, 6.45) is -6.05. The minimum Gasteiger partial charge on any atom is -0.508 e. The Hall–Kier alpha value is -1.46. The topological polar surface area (TPSA) is 62.2 Å². The van der Waals surface area contributed by atoms with E-state index >= 15 is 0 Å². The Balaban J connectivity index is 0.000000478. The number of epoxide rings is 1. The number of aromatic hydroxyl groups is 1. The van der Waals surface area contributed by atoms with Crippen molar-refractivity contribution in [3.8, 4) is 11.5 Å². The predicted molar refractivity (Wildman–Crippen MR) is 116 cm³/mol. The van der Waals surface area contributed by atoms with E-state index in [1.807, 2.05) is 0 Å². The van der Waals surface area contributed by atoms with Crippen LogP contribution in [-0.2, 0) is 4.74 Å². The first-order valence-electron chi connectivity index (χ1n) is 21.0. The maximum absolute atomic E-state index is 9.81. The van der Waals surface area contributed by atoms with E-state index in [0.717, 1.165) is 0 Å². The molecule has 0 aliphatic carbocycles. The largest absolute Gasteiger partial charge is 0.508 e. The average Bonchev–Trinajstić information content (AvgIpc) is 3.46. The molecular formula is C22H30Cl2O4. The predicted octanol–water partition coefficient (Wildman–Crippen LogP) is 4.91. The minimum atomic E-state index is -3.82. The second-order valence-electron chi connectivity index (χ2n) is 4.18. The fourth-order valence-corrected chi connectivity index (χ4v) is 1.24. The monoisotopic (exact) mass is 457 g/mol. The van der Waals surface area contributed by atoms with Crippen LogP contribution >= 0.6 is 23.2 Å². The number of halogens is 2. The number of ether oxygens (including phenoxy) is 2.